The fraction of sp³-hybridized carbons (Fsp3) is 0.462. The number of nitrogens with two attached hydrogens (primary N) is 1. The number of nitrogens with zero attached hydrogens (tertiary/aromatic N) is 1. The number of benzene rings is 1. The molecule has 5 nitrogen and oxygen atoms in total. The number of likely N-dealkylation sites (N-methyl/N-ethyl adjacent to an activating group) is 1. The van der Waals surface area contributed by atoms with E-state index < -0.39 is 0 Å². The number of carbonyl (C=O) groups is 1. The molecule has 1 amide bonds. The molecule has 18 heavy (non-hydrogen) atoms. The predicted molar refractivity (Wildman–Crippen MR) is 67.4 cm³/mol. The van der Waals surface area contributed by atoms with Gasteiger partial charge < -0.3 is 20.8 Å². The number of phenols is 2. The van der Waals surface area contributed by atoms with Gasteiger partial charge in [-0.25, -0.2) is 0 Å². The molecule has 4 N–H and O–H groups in total. The molecule has 1 atom stereocenters. The summed E-state index contributed by atoms with van der Waals surface area (Å²) in [5.74, 6) is -0.0688. The molecular formula is C13H18N2O3. The van der Waals surface area contributed by atoms with Crippen molar-refractivity contribution in [3.8, 4) is 11.5 Å². The van der Waals surface area contributed by atoms with Gasteiger partial charge in [0.05, 0.1) is 5.56 Å². The first-order chi connectivity index (χ1) is 8.54. The SMILES string of the molecule is CN(C(=O)c1ccc(O)cc1O)C(CN)C1CC1. The molecule has 98 valence electrons. The third-order valence-corrected chi connectivity index (χ3v) is 3.44. The Labute approximate surface area is 106 Å². The van der Waals surface area contributed by atoms with Crippen molar-refractivity contribution in [2.75, 3.05) is 13.6 Å². The first-order valence-corrected chi connectivity index (χ1v) is 6.03. The Morgan fingerprint density at radius 1 is 1.50 bits per heavy atom. The number of phenolic OH excluding ortho intramolecular Hbond substituents is 2. The molecule has 2 rings (SSSR count). The molecule has 5 heteroatoms. The van der Waals surface area contributed by atoms with Crippen molar-refractivity contribution >= 4 is 5.91 Å². The van der Waals surface area contributed by atoms with Crippen LogP contribution < -0.4 is 5.73 Å². The van der Waals surface area contributed by atoms with Gasteiger partial charge in [-0.1, -0.05) is 0 Å². The van der Waals surface area contributed by atoms with Gasteiger partial charge in [0, 0.05) is 25.7 Å². The molecule has 0 heterocycles. The highest BCUT2D eigenvalue weighted by Crippen LogP contribution is 2.35. The highest BCUT2D eigenvalue weighted by Gasteiger charge is 2.35. The Bertz CT molecular complexity index is 458. The average Bonchev–Trinajstić information content (AvgIpc) is 3.13. The molecule has 0 radical (unpaired) electrons. The monoisotopic (exact) mass is 250 g/mol. The highest BCUT2D eigenvalue weighted by molar-refractivity contribution is 5.97. The van der Waals surface area contributed by atoms with E-state index >= 15 is 0 Å². The van der Waals surface area contributed by atoms with E-state index in [-0.39, 0.29) is 29.0 Å². The fourth-order valence-corrected chi connectivity index (χ4v) is 2.19. The van der Waals surface area contributed by atoms with Crippen molar-refractivity contribution in [2.24, 2.45) is 11.7 Å². The zero-order valence-electron chi connectivity index (χ0n) is 10.3. The zero-order chi connectivity index (χ0) is 13.3. The van der Waals surface area contributed by atoms with Crippen LogP contribution in [0.15, 0.2) is 18.2 Å². The molecule has 0 aliphatic heterocycles. The summed E-state index contributed by atoms with van der Waals surface area (Å²) in [4.78, 5) is 13.8. The highest BCUT2D eigenvalue weighted by atomic mass is 16.3. The quantitative estimate of drug-likeness (QED) is 0.741. The van der Waals surface area contributed by atoms with Crippen LogP contribution in [0.25, 0.3) is 0 Å². The topological polar surface area (TPSA) is 86.8 Å². The number of aromatic hydroxyl groups is 2. The summed E-state index contributed by atoms with van der Waals surface area (Å²) in [7, 11) is 1.70. The molecule has 1 aromatic carbocycles. The minimum absolute atomic E-state index is 0.0192. The van der Waals surface area contributed by atoms with E-state index in [2.05, 4.69) is 0 Å². The number of amides is 1. The summed E-state index contributed by atoms with van der Waals surface area (Å²) in [6.07, 6.45) is 2.20. The van der Waals surface area contributed by atoms with E-state index in [0.29, 0.717) is 12.5 Å². The van der Waals surface area contributed by atoms with Crippen molar-refractivity contribution in [1.82, 2.24) is 4.90 Å². The van der Waals surface area contributed by atoms with E-state index in [1.54, 1.807) is 11.9 Å². The van der Waals surface area contributed by atoms with Crippen LogP contribution in [-0.2, 0) is 0 Å². The van der Waals surface area contributed by atoms with Crippen LogP contribution in [-0.4, -0.2) is 40.7 Å². The summed E-state index contributed by atoms with van der Waals surface area (Å²) >= 11 is 0. The van der Waals surface area contributed by atoms with Gasteiger partial charge in [-0.2, -0.15) is 0 Å². The van der Waals surface area contributed by atoms with Gasteiger partial charge in [0.25, 0.3) is 5.91 Å². The maximum atomic E-state index is 12.2. The van der Waals surface area contributed by atoms with Crippen LogP contribution in [0.2, 0.25) is 0 Å². The Morgan fingerprint density at radius 3 is 2.67 bits per heavy atom. The molecule has 1 aliphatic carbocycles. The van der Waals surface area contributed by atoms with Gasteiger partial charge in [-0.05, 0) is 30.9 Å². The second-order valence-corrected chi connectivity index (χ2v) is 4.76. The van der Waals surface area contributed by atoms with E-state index in [1.165, 1.54) is 12.1 Å². The molecule has 1 unspecified atom stereocenters. The number of rotatable bonds is 4. The summed E-state index contributed by atoms with van der Waals surface area (Å²) in [6, 6.07) is 3.99. The van der Waals surface area contributed by atoms with Gasteiger partial charge in [0.1, 0.15) is 11.5 Å². The summed E-state index contributed by atoms with van der Waals surface area (Å²) in [6.45, 7) is 0.422. The maximum absolute atomic E-state index is 12.2. The summed E-state index contributed by atoms with van der Waals surface area (Å²) in [5.41, 5.74) is 5.89. The first-order valence-electron chi connectivity index (χ1n) is 6.03. The zero-order valence-corrected chi connectivity index (χ0v) is 10.3. The van der Waals surface area contributed by atoms with Crippen LogP contribution in [0.4, 0.5) is 0 Å². The summed E-state index contributed by atoms with van der Waals surface area (Å²) in [5, 5.41) is 18.9. The molecule has 0 saturated heterocycles. The van der Waals surface area contributed by atoms with Crippen molar-refractivity contribution in [2.45, 2.75) is 18.9 Å². The molecule has 1 aliphatic rings. The molecule has 1 aromatic rings. The largest absolute Gasteiger partial charge is 0.508 e. The average molecular weight is 250 g/mol. The molecular weight excluding hydrogens is 232 g/mol. The standard InChI is InChI=1S/C13H18N2O3/c1-15(11(7-14)8-2-3-8)13(18)10-5-4-9(16)6-12(10)17/h4-6,8,11,16-17H,2-3,7,14H2,1H3. The van der Waals surface area contributed by atoms with Crippen molar-refractivity contribution in [1.29, 1.82) is 0 Å². The molecule has 1 saturated carbocycles. The Kier molecular flexibility index (Phi) is 3.43. The van der Waals surface area contributed by atoms with E-state index in [9.17, 15) is 15.0 Å². The van der Waals surface area contributed by atoms with E-state index in [4.69, 9.17) is 5.73 Å². The molecule has 0 bridgehead atoms. The maximum Gasteiger partial charge on any atom is 0.257 e. The first kappa shape index (κ1) is 12.7. The Hall–Kier alpha value is -1.75. The van der Waals surface area contributed by atoms with Crippen LogP contribution >= 0.6 is 0 Å². The second kappa shape index (κ2) is 4.86. The van der Waals surface area contributed by atoms with Crippen molar-refractivity contribution < 1.29 is 15.0 Å². The smallest absolute Gasteiger partial charge is 0.257 e. The molecule has 1 fully saturated rings. The minimum Gasteiger partial charge on any atom is -0.508 e. The lowest BCUT2D eigenvalue weighted by Gasteiger charge is -2.27. The number of hydrogen-bond acceptors (Lipinski definition) is 4. The second-order valence-electron chi connectivity index (χ2n) is 4.76. The Morgan fingerprint density at radius 2 is 2.17 bits per heavy atom. The van der Waals surface area contributed by atoms with Crippen molar-refractivity contribution in [3.63, 3.8) is 0 Å². The third kappa shape index (κ3) is 2.41. The van der Waals surface area contributed by atoms with Crippen LogP contribution in [0, 0.1) is 5.92 Å². The van der Waals surface area contributed by atoms with E-state index in [0.717, 1.165) is 18.9 Å². The van der Waals surface area contributed by atoms with Gasteiger partial charge in [0.2, 0.25) is 0 Å². The minimum atomic E-state index is -0.269. The molecule has 0 spiro atoms. The van der Waals surface area contributed by atoms with Gasteiger partial charge in [0.15, 0.2) is 0 Å². The van der Waals surface area contributed by atoms with Gasteiger partial charge in [-0.3, -0.25) is 4.79 Å². The van der Waals surface area contributed by atoms with Crippen molar-refractivity contribution in [3.05, 3.63) is 23.8 Å². The Balaban J connectivity index is 2.19. The normalized spacial score (nSPS) is 16.3. The summed E-state index contributed by atoms with van der Waals surface area (Å²) < 4.78 is 0. The number of carbonyl (C=O) groups excluding carboxylic acids is 1. The van der Waals surface area contributed by atoms with Gasteiger partial charge >= 0.3 is 0 Å². The van der Waals surface area contributed by atoms with Crippen LogP contribution in [0.3, 0.4) is 0 Å². The number of hydrogen-bond donors (Lipinski definition) is 3. The lowest BCUT2D eigenvalue weighted by molar-refractivity contribution is 0.0715. The van der Waals surface area contributed by atoms with E-state index in [1.807, 2.05) is 0 Å². The lowest BCUT2D eigenvalue weighted by atomic mass is 10.1. The van der Waals surface area contributed by atoms with Gasteiger partial charge in [-0.15, -0.1) is 0 Å². The predicted octanol–water partition coefficient (Wildman–Crippen LogP) is 0.907. The molecule has 0 aromatic heterocycles. The van der Waals surface area contributed by atoms with Crippen LogP contribution in [0.5, 0.6) is 11.5 Å². The van der Waals surface area contributed by atoms with Crippen LogP contribution in [0.1, 0.15) is 23.2 Å². The lowest BCUT2D eigenvalue weighted by Crippen LogP contribution is -2.43. The fourth-order valence-electron chi connectivity index (χ4n) is 2.19. The third-order valence-electron chi connectivity index (χ3n) is 3.44.